The number of hydrogen-bond donors (Lipinski definition) is 2. The zero-order valence-electron chi connectivity index (χ0n) is 16.0. The number of halogens is 1. The first-order valence-corrected chi connectivity index (χ1v) is 9.71. The molecule has 2 aromatic heterocycles. The maximum atomic E-state index is 13.2. The van der Waals surface area contributed by atoms with Crippen LogP contribution in [-0.4, -0.2) is 33.9 Å². The number of aryl methyl sites for hydroxylation is 1. The van der Waals surface area contributed by atoms with Crippen molar-refractivity contribution in [1.29, 1.82) is 0 Å². The van der Waals surface area contributed by atoms with Gasteiger partial charge in [0, 0.05) is 25.2 Å². The highest BCUT2D eigenvalue weighted by Crippen LogP contribution is 2.17. The molecule has 2 heterocycles. The number of carbonyl (C=O) groups is 2. The molecule has 0 spiro atoms. The molecule has 0 bridgehead atoms. The first kappa shape index (κ1) is 20.4. The largest absolute Gasteiger partial charge is 0.334 e. The number of benzene rings is 1. The Morgan fingerprint density at radius 1 is 1.24 bits per heavy atom. The smallest absolute Gasteiger partial charge is 0.321 e. The average Bonchev–Trinajstić information content (AvgIpc) is 3.13. The first-order valence-electron chi connectivity index (χ1n) is 8.83. The monoisotopic (exact) mass is 413 g/mol. The molecule has 29 heavy (non-hydrogen) atoms. The number of carbonyl (C=O) groups excluding carboxylic acids is 2. The molecular formula is C20H20FN5O2S. The molecule has 9 heteroatoms. The summed E-state index contributed by atoms with van der Waals surface area (Å²) in [5, 5.41) is 7.47. The maximum Gasteiger partial charge on any atom is 0.321 e. The predicted octanol–water partition coefficient (Wildman–Crippen LogP) is 3.58. The second-order valence-corrected chi connectivity index (χ2v) is 7.27. The second kappa shape index (κ2) is 9.24. The van der Waals surface area contributed by atoms with E-state index in [1.54, 1.807) is 36.8 Å². The molecule has 0 saturated carbocycles. The minimum atomic E-state index is -0.441. The van der Waals surface area contributed by atoms with Crippen LogP contribution in [0.3, 0.4) is 0 Å². The van der Waals surface area contributed by atoms with Crippen molar-refractivity contribution in [1.82, 2.24) is 20.2 Å². The van der Waals surface area contributed by atoms with Crippen molar-refractivity contribution in [2.75, 3.05) is 12.4 Å². The third kappa shape index (κ3) is 5.58. The Labute approximate surface area is 171 Å². The van der Waals surface area contributed by atoms with Crippen LogP contribution in [0.1, 0.15) is 27.3 Å². The van der Waals surface area contributed by atoms with Crippen LogP contribution in [0.4, 0.5) is 14.3 Å². The molecule has 0 aliphatic heterocycles. The van der Waals surface area contributed by atoms with Gasteiger partial charge in [-0.3, -0.25) is 15.1 Å². The SMILES string of the molecule is Cc1cccnc1C(=O)N(C)Cc1csc(NC(=O)NCc2cccc(F)c2)n1. The molecule has 0 aliphatic carbocycles. The minimum absolute atomic E-state index is 0.196. The van der Waals surface area contributed by atoms with E-state index >= 15 is 0 Å². The van der Waals surface area contributed by atoms with Crippen LogP contribution in [-0.2, 0) is 13.1 Å². The molecule has 1 aromatic carbocycles. The number of nitrogens with one attached hydrogen (secondary N) is 2. The third-order valence-electron chi connectivity index (χ3n) is 4.07. The van der Waals surface area contributed by atoms with E-state index in [4.69, 9.17) is 0 Å². The molecule has 150 valence electrons. The van der Waals surface area contributed by atoms with Gasteiger partial charge < -0.3 is 10.2 Å². The van der Waals surface area contributed by atoms with Crippen LogP contribution in [0.15, 0.2) is 48.0 Å². The van der Waals surface area contributed by atoms with E-state index in [2.05, 4.69) is 20.6 Å². The van der Waals surface area contributed by atoms with Crippen LogP contribution in [0.25, 0.3) is 0 Å². The standard InChI is InChI=1S/C20H20FN5O2S/c1-13-5-4-8-22-17(13)18(27)26(2)11-16-12-29-20(24-16)25-19(28)23-10-14-6-3-7-15(21)9-14/h3-9,12H,10-11H2,1-2H3,(H2,23,24,25,28). The van der Waals surface area contributed by atoms with Crippen LogP contribution < -0.4 is 10.6 Å². The van der Waals surface area contributed by atoms with Crippen molar-refractivity contribution in [3.63, 3.8) is 0 Å². The van der Waals surface area contributed by atoms with Crippen LogP contribution in [0.5, 0.6) is 0 Å². The molecule has 3 rings (SSSR count). The molecule has 3 amide bonds. The molecule has 0 atom stereocenters. The average molecular weight is 413 g/mol. The zero-order valence-corrected chi connectivity index (χ0v) is 16.8. The Kier molecular flexibility index (Phi) is 6.50. The van der Waals surface area contributed by atoms with Gasteiger partial charge in [0.2, 0.25) is 0 Å². The molecule has 0 unspecified atom stereocenters. The quantitative estimate of drug-likeness (QED) is 0.647. The van der Waals surface area contributed by atoms with Crippen molar-refractivity contribution < 1.29 is 14.0 Å². The van der Waals surface area contributed by atoms with Gasteiger partial charge in [-0.25, -0.2) is 14.2 Å². The number of thiazole rings is 1. The molecular weight excluding hydrogens is 393 g/mol. The fourth-order valence-corrected chi connectivity index (χ4v) is 3.31. The lowest BCUT2D eigenvalue weighted by atomic mass is 10.2. The maximum absolute atomic E-state index is 13.2. The molecule has 0 aliphatic rings. The molecule has 7 nitrogen and oxygen atoms in total. The van der Waals surface area contributed by atoms with E-state index in [9.17, 15) is 14.0 Å². The lowest BCUT2D eigenvalue weighted by Gasteiger charge is -2.16. The number of rotatable bonds is 6. The van der Waals surface area contributed by atoms with Gasteiger partial charge in [0.05, 0.1) is 12.2 Å². The van der Waals surface area contributed by atoms with Crippen molar-refractivity contribution in [3.8, 4) is 0 Å². The molecule has 3 aromatic rings. The topological polar surface area (TPSA) is 87.2 Å². The second-order valence-electron chi connectivity index (χ2n) is 6.41. The number of anilines is 1. The summed E-state index contributed by atoms with van der Waals surface area (Å²) in [4.78, 5) is 34.5. The summed E-state index contributed by atoms with van der Waals surface area (Å²) in [7, 11) is 1.68. The van der Waals surface area contributed by atoms with Crippen LogP contribution >= 0.6 is 11.3 Å². The van der Waals surface area contributed by atoms with Gasteiger partial charge in [-0.15, -0.1) is 11.3 Å². The van der Waals surface area contributed by atoms with E-state index in [1.807, 2.05) is 13.0 Å². The van der Waals surface area contributed by atoms with E-state index in [1.165, 1.54) is 28.4 Å². The van der Waals surface area contributed by atoms with Gasteiger partial charge in [-0.1, -0.05) is 18.2 Å². The number of pyridine rings is 1. The van der Waals surface area contributed by atoms with E-state index in [0.717, 1.165) is 5.56 Å². The van der Waals surface area contributed by atoms with Gasteiger partial charge in [0.1, 0.15) is 11.5 Å². The van der Waals surface area contributed by atoms with Gasteiger partial charge >= 0.3 is 6.03 Å². The number of aromatic nitrogens is 2. The van der Waals surface area contributed by atoms with Gasteiger partial charge in [0.15, 0.2) is 5.13 Å². The Hall–Kier alpha value is -3.33. The molecule has 0 radical (unpaired) electrons. The predicted molar refractivity (Wildman–Crippen MR) is 109 cm³/mol. The Morgan fingerprint density at radius 2 is 2.07 bits per heavy atom. The van der Waals surface area contributed by atoms with Gasteiger partial charge in [0.25, 0.3) is 5.91 Å². The lowest BCUT2D eigenvalue weighted by Crippen LogP contribution is -2.28. The van der Waals surface area contributed by atoms with Crippen molar-refractivity contribution >= 4 is 28.4 Å². The summed E-state index contributed by atoms with van der Waals surface area (Å²) < 4.78 is 13.2. The lowest BCUT2D eigenvalue weighted by molar-refractivity contribution is 0.0777. The highest BCUT2D eigenvalue weighted by atomic mass is 32.1. The number of hydrogen-bond acceptors (Lipinski definition) is 5. The summed E-state index contributed by atoms with van der Waals surface area (Å²) >= 11 is 1.26. The summed E-state index contributed by atoms with van der Waals surface area (Å²) in [6.45, 7) is 2.32. The van der Waals surface area contributed by atoms with E-state index in [0.29, 0.717) is 22.1 Å². The summed E-state index contributed by atoms with van der Waals surface area (Å²) in [6, 6.07) is 9.19. The summed E-state index contributed by atoms with van der Waals surface area (Å²) in [5.74, 6) is -0.549. The van der Waals surface area contributed by atoms with Crippen molar-refractivity contribution in [2.45, 2.75) is 20.0 Å². The number of urea groups is 1. The highest BCUT2D eigenvalue weighted by molar-refractivity contribution is 7.13. The highest BCUT2D eigenvalue weighted by Gasteiger charge is 2.17. The molecule has 2 N–H and O–H groups in total. The van der Waals surface area contributed by atoms with Gasteiger partial charge in [-0.2, -0.15) is 0 Å². The Bertz CT molecular complexity index is 1020. The molecule has 0 saturated heterocycles. The normalized spacial score (nSPS) is 10.4. The third-order valence-corrected chi connectivity index (χ3v) is 4.88. The first-order chi connectivity index (χ1) is 13.9. The fourth-order valence-electron chi connectivity index (χ4n) is 2.61. The number of nitrogens with zero attached hydrogens (tertiary/aromatic N) is 3. The van der Waals surface area contributed by atoms with Crippen molar-refractivity contribution in [3.05, 3.63) is 76.3 Å². The number of amides is 3. The van der Waals surface area contributed by atoms with Crippen LogP contribution in [0.2, 0.25) is 0 Å². The summed E-state index contributed by atoms with van der Waals surface area (Å²) in [5.41, 5.74) is 2.52. The van der Waals surface area contributed by atoms with E-state index < -0.39 is 6.03 Å². The molecule has 0 fully saturated rings. The Balaban J connectivity index is 1.53. The Morgan fingerprint density at radius 3 is 2.83 bits per heavy atom. The summed E-state index contributed by atoms with van der Waals surface area (Å²) in [6.07, 6.45) is 1.58. The van der Waals surface area contributed by atoms with Gasteiger partial charge in [-0.05, 0) is 36.2 Å². The van der Waals surface area contributed by atoms with E-state index in [-0.39, 0.29) is 24.8 Å². The van der Waals surface area contributed by atoms with Crippen molar-refractivity contribution in [2.24, 2.45) is 0 Å². The van der Waals surface area contributed by atoms with Crippen LogP contribution in [0, 0.1) is 12.7 Å². The zero-order chi connectivity index (χ0) is 20.8. The minimum Gasteiger partial charge on any atom is -0.334 e. The fraction of sp³-hybridized carbons (Fsp3) is 0.200.